The average molecular weight is 475 g/mol. The van der Waals surface area contributed by atoms with E-state index in [9.17, 15) is 14.4 Å². The predicted molar refractivity (Wildman–Crippen MR) is 127 cm³/mol. The highest BCUT2D eigenvalue weighted by atomic mass is 16.5. The fourth-order valence-corrected chi connectivity index (χ4v) is 4.84. The number of aliphatic carboxylic acids is 1. The predicted octanol–water partition coefficient (Wildman–Crippen LogP) is 2.97. The molecule has 0 radical (unpaired) electrons. The van der Waals surface area contributed by atoms with Crippen LogP contribution in [0.5, 0.6) is 0 Å². The van der Waals surface area contributed by atoms with E-state index in [0.29, 0.717) is 26.1 Å². The first-order chi connectivity index (χ1) is 17.0. The molecule has 35 heavy (non-hydrogen) atoms. The zero-order valence-electron chi connectivity index (χ0n) is 19.1. The Morgan fingerprint density at radius 3 is 2.40 bits per heavy atom. The lowest BCUT2D eigenvalue weighted by molar-refractivity contribution is -0.141. The lowest BCUT2D eigenvalue weighted by Gasteiger charge is -2.14. The highest BCUT2D eigenvalue weighted by molar-refractivity contribution is 5.92. The van der Waals surface area contributed by atoms with Crippen LogP contribution in [0.15, 0.2) is 61.1 Å². The van der Waals surface area contributed by atoms with Gasteiger partial charge in [-0.25, -0.2) is 9.78 Å². The molecule has 2 aliphatic rings. The molecule has 9 nitrogen and oxygen atoms in total. The van der Waals surface area contributed by atoms with E-state index in [1.165, 1.54) is 22.4 Å². The van der Waals surface area contributed by atoms with Crippen LogP contribution < -0.4 is 5.32 Å². The second-order valence-corrected chi connectivity index (χ2v) is 8.82. The Hall–Kier alpha value is -4.14. The van der Waals surface area contributed by atoms with Crippen molar-refractivity contribution >= 4 is 18.0 Å². The molecule has 0 bridgehead atoms. The van der Waals surface area contributed by atoms with Crippen molar-refractivity contribution in [2.75, 3.05) is 26.2 Å². The van der Waals surface area contributed by atoms with Crippen LogP contribution in [0, 0.1) is 5.92 Å². The van der Waals surface area contributed by atoms with E-state index < -0.39 is 18.0 Å². The highest BCUT2D eigenvalue weighted by Crippen LogP contribution is 2.44. The number of aromatic nitrogens is 2. The SMILES string of the molecule is O=C(NCCn1cnc(C(=O)N2CCC(C(=O)O)C2)c1)OCC1c2ccccc2-c2ccccc21. The van der Waals surface area contributed by atoms with Crippen molar-refractivity contribution in [2.24, 2.45) is 5.92 Å². The first-order valence-electron chi connectivity index (χ1n) is 11.6. The van der Waals surface area contributed by atoms with Gasteiger partial charge in [-0.3, -0.25) is 9.59 Å². The number of imidazole rings is 1. The molecule has 2 aromatic carbocycles. The normalized spacial score (nSPS) is 16.6. The molecule has 1 fully saturated rings. The fourth-order valence-electron chi connectivity index (χ4n) is 4.84. The number of carbonyl (C=O) groups excluding carboxylic acids is 2. The summed E-state index contributed by atoms with van der Waals surface area (Å²) in [5.41, 5.74) is 4.93. The van der Waals surface area contributed by atoms with E-state index >= 15 is 0 Å². The van der Waals surface area contributed by atoms with Gasteiger partial charge in [0.15, 0.2) is 0 Å². The topological polar surface area (TPSA) is 114 Å². The summed E-state index contributed by atoms with van der Waals surface area (Å²) in [6, 6.07) is 16.3. The number of carboxylic acid groups (broad SMARTS) is 1. The molecule has 9 heteroatoms. The molecule has 5 rings (SSSR count). The van der Waals surface area contributed by atoms with Crippen LogP contribution >= 0.6 is 0 Å². The summed E-state index contributed by atoms with van der Waals surface area (Å²) in [4.78, 5) is 41.7. The third kappa shape index (κ3) is 4.62. The Bertz CT molecular complexity index is 1220. The van der Waals surface area contributed by atoms with E-state index in [1.807, 2.05) is 24.3 Å². The van der Waals surface area contributed by atoms with Crippen LogP contribution in [0.2, 0.25) is 0 Å². The number of alkyl carbamates (subject to hydrolysis) is 1. The van der Waals surface area contributed by atoms with Crippen molar-refractivity contribution < 1.29 is 24.2 Å². The third-order valence-corrected chi connectivity index (χ3v) is 6.66. The van der Waals surface area contributed by atoms with Crippen LogP contribution in [0.25, 0.3) is 11.1 Å². The first kappa shape index (κ1) is 22.6. The van der Waals surface area contributed by atoms with Gasteiger partial charge in [0.25, 0.3) is 5.91 Å². The van der Waals surface area contributed by atoms with Gasteiger partial charge in [-0.1, -0.05) is 48.5 Å². The molecule has 0 spiro atoms. The number of ether oxygens (including phenoxy) is 1. The quantitative estimate of drug-likeness (QED) is 0.544. The maximum Gasteiger partial charge on any atom is 0.407 e. The number of amides is 2. The molecule has 1 aliphatic carbocycles. The number of hydrogen-bond donors (Lipinski definition) is 2. The minimum absolute atomic E-state index is 0.00156. The van der Waals surface area contributed by atoms with Gasteiger partial charge >= 0.3 is 12.1 Å². The maximum absolute atomic E-state index is 12.6. The molecule has 2 amide bonds. The number of fused-ring (bicyclic) bond motifs is 3. The summed E-state index contributed by atoms with van der Waals surface area (Å²) in [7, 11) is 0. The monoisotopic (exact) mass is 474 g/mol. The molecule has 3 aromatic rings. The molecule has 1 aromatic heterocycles. The Morgan fingerprint density at radius 2 is 1.74 bits per heavy atom. The van der Waals surface area contributed by atoms with Gasteiger partial charge in [0.2, 0.25) is 0 Å². The van der Waals surface area contributed by atoms with Gasteiger partial charge in [0.05, 0.1) is 12.2 Å². The Labute approximate surface area is 202 Å². The van der Waals surface area contributed by atoms with Gasteiger partial charge in [0, 0.05) is 38.3 Å². The zero-order valence-corrected chi connectivity index (χ0v) is 19.1. The highest BCUT2D eigenvalue weighted by Gasteiger charge is 2.32. The zero-order chi connectivity index (χ0) is 24.4. The van der Waals surface area contributed by atoms with E-state index in [1.54, 1.807) is 10.8 Å². The molecule has 180 valence electrons. The van der Waals surface area contributed by atoms with Crippen molar-refractivity contribution in [1.82, 2.24) is 19.8 Å². The van der Waals surface area contributed by atoms with Crippen LogP contribution in [0.1, 0.15) is 34.0 Å². The second kappa shape index (κ2) is 9.61. The molecule has 0 saturated carbocycles. The molecule has 1 unspecified atom stereocenters. The largest absolute Gasteiger partial charge is 0.481 e. The molecule has 2 N–H and O–H groups in total. The van der Waals surface area contributed by atoms with Crippen molar-refractivity contribution in [1.29, 1.82) is 0 Å². The maximum atomic E-state index is 12.6. The van der Waals surface area contributed by atoms with Gasteiger partial charge in [-0.2, -0.15) is 0 Å². The Balaban J connectivity index is 1.10. The van der Waals surface area contributed by atoms with Crippen molar-refractivity contribution in [3.8, 4) is 11.1 Å². The second-order valence-electron chi connectivity index (χ2n) is 8.82. The van der Waals surface area contributed by atoms with Gasteiger partial charge in [-0.05, 0) is 28.7 Å². The summed E-state index contributed by atoms with van der Waals surface area (Å²) in [6.07, 6.45) is 3.08. The number of benzene rings is 2. The van der Waals surface area contributed by atoms with Crippen LogP contribution in [0.4, 0.5) is 4.79 Å². The van der Waals surface area contributed by atoms with Crippen molar-refractivity contribution in [3.63, 3.8) is 0 Å². The number of hydrogen-bond acceptors (Lipinski definition) is 5. The van der Waals surface area contributed by atoms with Gasteiger partial charge < -0.3 is 24.6 Å². The molecule has 1 saturated heterocycles. The minimum atomic E-state index is -0.884. The molecular weight excluding hydrogens is 448 g/mol. The van der Waals surface area contributed by atoms with E-state index in [0.717, 1.165) is 11.1 Å². The number of carbonyl (C=O) groups is 3. The molecule has 1 aliphatic heterocycles. The Kier molecular flexibility index (Phi) is 6.22. The average Bonchev–Trinajstić information content (AvgIpc) is 3.60. The first-order valence-corrected chi connectivity index (χ1v) is 11.6. The number of rotatable bonds is 7. The van der Waals surface area contributed by atoms with E-state index in [-0.39, 0.29) is 30.7 Å². The smallest absolute Gasteiger partial charge is 0.407 e. The summed E-state index contributed by atoms with van der Waals surface area (Å²) in [5.74, 6) is -1.69. The lowest BCUT2D eigenvalue weighted by atomic mass is 9.98. The number of nitrogens with zero attached hydrogens (tertiary/aromatic N) is 3. The minimum Gasteiger partial charge on any atom is -0.481 e. The number of carboxylic acids is 1. The molecule has 1 atom stereocenters. The van der Waals surface area contributed by atoms with Gasteiger partial charge in [0.1, 0.15) is 12.3 Å². The van der Waals surface area contributed by atoms with Crippen molar-refractivity contribution in [2.45, 2.75) is 18.9 Å². The number of nitrogens with one attached hydrogen (secondary N) is 1. The molecule has 2 heterocycles. The van der Waals surface area contributed by atoms with Crippen molar-refractivity contribution in [3.05, 3.63) is 77.9 Å². The van der Waals surface area contributed by atoms with E-state index in [4.69, 9.17) is 9.84 Å². The van der Waals surface area contributed by atoms with Crippen LogP contribution in [0.3, 0.4) is 0 Å². The summed E-state index contributed by atoms with van der Waals surface area (Å²) >= 11 is 0. The lowest BCUT2D eigenvalue weighted by Crippen LogP contribution is -2.30. The summed E-state index contributed by atoms with van der Waals surface area (Å²) in [5, 5.41) is 11.9. The Morgan fingerprint density at radius 1 is 1.06 bits per heavy atom. The summed E-state index contributed by atoms with van der Waals surface area (Å²) < 4.78 is 7.24. The van der Waals surface area contributed by atoms with Crippen LogP contribution in [-0.4, -0.2) is 63.8 Å². The third-order valence-electron chi connectivity index (χ3n) is 6.66. The standard InChI is InChI=1S/C26H26N4O5/c31-24(30-11-9-17(13-30)25(32)33)23-14-29(16-28-23)12-10-27-26(34)35-15-22-20-7-3-1-5-18(20)19-6-2-4-8-21(19)22/h1-8,14,16-17,22H,9-13,15H2,(H,27,34)(H,32,33). The van der Waals surface area contributed by atoms with Crippen LogP contribution in [-0.2, 0) is 16.1 Å². The van der Waals surface area contributed by atoms with Gasteiger partial charge in [-0.15, -0.1) is 0 Å². The fraction of sp³-hybridized carbons (Fsp3) is 0.308. The summed E-state index contributed by atoms with van der Waals surface area (Å²) in [6.45, 7) is 1.58. The molecular formula is C26H26N4O5. The van der Waals surface area contributed by atoms with E-state index in [2.05, 4.69) is 34.6 Å². The number of likely N-dealkylation sites (tertiary alicyclic amines) is 1.